The van der Waals surface area contributed by atoms with Gasteiger partial charge in [0.15, 0.2) is 11.6 Å². The number of hydrogen-bond acceptors (Lipinski definition) is 3. The highest BCUT2D eigenvalue weighted by molar-refractivity contribution is 5.24. The van der Waals surface area contributed by atoms with Gasteiger partial charge in [-0.15, -0.1) is 0 Å². The van der Waals surface area contributed by atoms with Gasteiger partial charge >= 0.3 is 0 Å². The highest BCUT2D eigenvalue weighted by atomic mass is 19.2. The molecule has 1 unspecified atom stereocenters. The van der Waals surface area contributed by atoms with E-state index in [-0.39, 0.29) is 12.4 Å². The lowest BCUT2D eigenvalue weighted by atomic mass is 9.92. The Balaban J connectivity index is 2.48. The first-order valence-electron chi connectivity index (χ1n) is 7.31. The summed E-state index contributed by atoms with van der Waals surface area (Å²) in [7, 11) is 0. The Morgan fingerprint density at radius 1 is 1.33 bits per heavy atom. The summed E-state index contributed by atoms with van der Waals surface area (Å²) in [4.78, 5) is 0. The van der Waals surface area contributed by atoms with E-state index in [2.05, 4.69) is 11.4 Å². The average Bonchev–Trinajstić information content (AvgIpc) is 2.51. The van der Waals surface area contributed by atoms with Gasteiger partial charge < -0.3 is 4.74 Å². The van der Waals surface area contributed by atoms with Gasteiger partial charge in [0, 0.05) is 0 Å². The molecule has 0 aliphatic rings. The van der Waals surface area contributed by atoms with Crippen LogP contribution in [0.3, 0.4) is 0 Å². The zero-order valence-corrected chi connectivity index (χ0v) is 12.6. The normalized spacial score (nSPS) is 13.5. The topological polar surface area (TPSA) is 45.0 Å². The molecule has 0 aromatic heterocycles. The number of nitrogens with one attached hydrogen (secondary N) is 1. The molecule has 1 N–H and O–H groups in total. The Bertz CT molecular complexity index is 488. The molecule has 0 radical (unpaired) electrons. The van der Waals surface area contributed by atoms with E-state index in [9.17, 15) is 14.0 Å². The average molecular weight is 296 g/mol. The number of nitrogens with zero attached hydrogens (tertiary/aromatic N) is 1. The molecule has 0 saturated heterocycles. The van der Waals surface area contributed by atoms with E-state index in [1.165, 1.54) is 12.1 Å². The van der Waals surface area contributed by atoms with Gasteiger partial charge in [-0.3, -0.25) is 5.32 Å². The number of benzene rings is 1. The van der Waals surface area contributed by atoms with Crippen LogP contribution in [0.5, 0.6) is 5.75 Å². The van der Waals surface area contributed by atoms with E-state index in [1.54, 1.807) is 0 Å². The third-order valence-electron chi connectivity index (χ3n) is 3.45. The molecule has 116 valence electrons. The summed E-state index contributed by atoms with van der Waals surface area (Å²) in [6.07, 6.45) is 2.84. The first kappa shape index (κ1) is 17.4. The van der Waals surface area contributed by atoms with Gasteiger partial charge in [0.1, 0.15) is 5.54 Å². The molecular weight excluding hydrogens is 274 g/mol. The van der Waals surface area contributed by atoms with Crippen LogP contribution in [0.4, 0.5) is 8.78 Å². The van der Waals surface area contributed by atoms with Crippen LogP contribution in [0, 0.1) is 23.0 Å². The lowest BCUT2D eigenvalue weighted by Gasteiger charge is -2.26. The molecule has 21 heavy (non-hydrogen) atoms. The minimum Gasteiger partial charge on any atom is -0.490 e. The Kier molecular flexibility index (Phi) is 7.10. The first-order chi connectivity index (χ1) is 10.1. The first-order valence-corrected chi connectivity index (χ1v) is 7.31. The standard InChI is InChI=1S/C16H22F2N2O/c1-3-10-20-16(4-2,12-19)9-6-11-21-14-8-5-7-13(17)15(14)18/h5,7-8,20H,3-4,6,9-11H2,1-2H3. The van der Waals surface area contributed by atoms with Crippen molar-refractivity contribution in [3.8, 4) is 11.8 Å². The number of nitriles is 1. The monoisotopic (exact) mass is 296 g/mol. The van der Waals surface area contributed by atoms with Crippen LogP contribution in [0.2, 0.25) is 0 Å². The summed E-state index contributed by atoms with van der Waals surface area (Å²) >= 11 is 0. The van der Waals surface area contributed by atoms with Crippen molar-refractivity contribution < 1.29 is 13.5 Å². The summed E-state index contributed by atoms with van der Waals surface area (Å²) in [5, 5.41) is 12.6. The molecule has 1 aromatic rings. The van der Waals surface area contributed by atoms with Crippen molar-refractivity contribution in [3.63, 3.8) is 0 Å². The molecule has 0 aliphatic carbocycles. The summed E-state index contributed by atoms with van der Waals surface area (Å²) in [6.45, 7) is 5.03. The maximum Gasteiger partial charge on any atom is 0.200 e. The minimum absolute atomic E-state index is 0.0874. The van der Waals surface area contributed by atoms with Crippen LogP contribution in [-0.4, -0.2) is 18.7 Å². The Morgan fingerprint density at radius 3 is 2.71 bits per heavy atom. The Hall–Kier alpha value is -1.67. The van der Waals surface area contributed by atoms with Crippen LogP contribution >= 0.6 is 0 Å². The van der Waals surface area contributed by atoms with E-state index in [4.69, 9.17) is 4.74 Å². The quantitative estimate of drug-likeness (QED) is 0.705. The summed E-state index contributed by atoms with van der Waals surface area (Å²) in [5.74, 6) is -1.98. The van der Waals surface area contributed by atoms with E-state index in [1.807, 2.05) is 13.8 Å². The van der Waals surface area contributed by atoms with Crippen LogP contribution in [0.25, 0.3) is 0 Å². The lowest BCUT2D eigenvalue weighted by Crippen LogP contribution is -2.44. The van der Waals surface area contributed by atoms with Crippen LogP contribution in [0.1, 0.15) is 39.5 Å². The van der Waals surface area contributed by atoms with Gasteiger partial charge in [-0.2, -0.15) is 9.65 Å². The van der Waals surface area contributed by atoms with Gasteiger partial charge in [0.25, 0.3) is 0 Å². The SMILES string of the molecule is CCCNC(C#N)(CC)CCCOc1cccc(F)c1F. The molecule has 0 fully saturated rings. The number of ether oxygens (including phenoxy) is 1. The zero-order valence-electron chi connectivity index (χ0n) is 12.6. The minimum atomic E-state index is -0.969. The highest BCUT2D eigenvalue weighted by Gasteiger charge is 2.26. The summed E-state index contributed by atoms with van der Waals surface area (Å²) in [6, 6.07) is 6.17. The number of hydrogen-bond donors (Lipinski definition) is 1. The van der Waals surface area contributed by atoms with Crippen molar-refractivity contribution in [2.24, 2.45) is 0 Å². The van der Waals surface area contributed by atoms with Crippen LogP contribution < -0.4 is 10.1 Å². The molecule has 0 spiro atoms. The van der Waals surface area contributed by atoms with Crippen LogP contribution in [0.15, 0.2) is 18.2 Å². The van der Waals surface area contributed by atoms with E-state index in [0.717, 1.165) is 19.0 Å². The summed E-state index contributed by atoms with van der Waals surface area (Å²) in [5.41, 5.74) is -0.570. The fraction of sp³-hybridized carbons (Fsp3) is 0.562. The molecular formula is C16H22F2N2O. The third-order valence-corrected chi connectivity index (χ3v) is 3.45. The molecule has 1 aromatic carbocycles. The second-order valence-corrected chi connectivity index (χ2v) is 4.98. The molecule has 5 heteroatoms. The molecule has 0 heterocycles. The molecule has 0 saturated carbocycles. The number of rotatable bonds is 9. The smallest absolute Gasteiger partial charge is 0.200 e. The molecule has 3 nitrogen and oxygen atoms in total. The molecule has 0 bridgehead atoms. The van der Waals surface area contributed by atoms with Crippen molar-refractivity contribution in [2.75, 3.05) is 13.2 Å². The molecule has 0 aliphatic heterocycles. The fourth-order valence-corrected chi connectivity index (χ4v) is 2.08. The van der Waals surface area contributed by atoms with Gasteiger partial charge in [0.05, 0.1) is 12.7 Å². The maximum absolute atomic E-state index is 13.4. The Labute approximate surface area is 124 Å². The maximum atomic E-state index is 13.4. The van der Waals surface area contributed by atoms with Crippen molar-refractivity contribution in [2.45, 2.75) is 45.1 Å². The lowest BCUT2D eigenvalue weighted by molar-refractivity contribution is 0.263. The molecule has 1 atom stereocenters. The van der Waals surface area contributed by atoms with Crippen molar-refractivity contribution >= 4 is 0 Å². The zero-order chi connectivity index (χ0) is 15.7. The van der Waals surface area contributed by atoms with E-state index < -0.39 is 17.2 Å². The van der Waals surface area contributed by atoms with Gasteiger partial charge in [-0.1, -0.05) is 19.9 Å². The van der Waals surface area contributed by atoms with Gasteiger partial charge in [0.2, 0.25) is 5.82 Å². The second-order valence-electron chi connectivity index (χ2n) is 4.98. The predicted octanol–water partition coefficient (Wildman–Crippen LogP) is 3.80. The third kappa shape index (κ3) is 4.98. The number of halogens is 2. The van der Waals surface area contributed by atoms with E-state index >= 15 is 0 Å². The molecule has 0 amide bonds. The predicted molar refractivity (Wildman–Crippen MR) is 78.0 cm³/mol. The summed E-state index contributed by atoms with van der Waals surface area (Å²) < 4.78 is 31.7. The van der Waals surface area contributed by atoms with Crippen molar-refractivity contribution in [3.05, 3.63) is 29.8 Å². The van der Waals surface area contributed by atoms with Crippen LogP contribution in [-0.2, 0) is 0 Å². The van der Waals surface area contributed by atoms with Gasteiger partial charge in [-0.05, 0) is 44.4 Å². The van der Waals surface area contributed by atoms with Crippen molar-refractivity contribution in [1.82, 2.24) is 5.32 Å². The Morgan fingerprint density at radius 2 is 2.10 bits per heavy atom. The van der Waals surface area contributed by atoms with E-state index in [0.29, 0.717) is 19.3 Å². The molecule has 1 rings (SSSR count). The fourth-order valence-electron chi connectivity index (χ4n) is 2.08. The highest BCUT2D eigenvalue weighted by Crippen LogP contribution is 2.21. The second kappa shape index (κ2) is 8.58. The van der Waals surface area contributed by atoms with Gasteiger partial charge in [-0.25, -0.2) is 4.39 Å². The largest absolute Gasteiger partial charge is 0.490 e. The van der Waals surface area contributed by atoms with Crippen molar-refractivity contribution in [1.29, 1.82) is 5.26 Å².